The number of hydrogen-bond acceptors (Lipinski definition) is 8. The summed E-state index contributed by atoms with van der Waals surface area (Å²) >= 11 is 0. The molecule has 1 aliphatic heterocycles. The number of aliphatic hydroxyl groups is 2. The molecule has 5 N–H and O–H groups in total. The molecule has 0 saturated carbocycles. The Morgan fingerprint density at radius 3 is 1.85 bits per heavy atom. The minimum absolute atomic E-state index is 0.0282. The van der Waals surface area contributed by atoms with Crippen LogP contribution >= 0.6 is 0 Å². The van der Waals surface area contributed by atoms with Gasteiger partial charge in [0.05, 0.1) is 19.3 Å². The van der Waals surface area contributed by atoms with Crippen LogP contribution in [-0.4, -0.2) is 85.3 Å². The fourth-order valence-corrected chi connectivity index (χ4v) is 5.60. The first-order valence-corrected chi connectivity index (χ1v) is 15.3. The van der Waals surface area contributed by atoms with Crippen LogP contribution in [0.2, 0.25) is 0 Å². The van der Waals surface area contributed by atoms with Gasteiger partial charge < -0.3 is 30.9 Å². The SMILES string of the molecule is Cc1c(NC(=O)c2ccc(CN3CC[C@@H](O)C3)cn2)cccc1-c1cccc(NC(=O)c2ccc(CN(CCO)C(=O)O)cn2)c1C. The first-order valence-electron chi connectivity index (χ1n) is 15.3. The van der Waals surface area contributed by atoms with E-state index in [1.807, 2.05) is 50.2 Å². The highest BCUT2D eigenvalue weighted by molar-refractivity contribution is 6.05. The highest BCUT2D eigenvalue weighted by Gasteiger charge is 2.21. The molecule has 244 valence electrons. The number of carbonyl (C=O) groups is 3. The van der Waals surface area contributed by atoms with E-state index >= 15 is 0 Å². The monoisotopic (exact) mass is 638 g/mol. The van der Waals surface area contributed by atoms with Gasteiger partial charge in [-0.25, -0.2) is 4.79 Å². The van der Waals surface area contributed by atoms with Gasteiger partial charge in [0.15, 0.2) is 0 Å². The number of carbonyl (C=O) groups excluding carboxylic acids is 2. The van der Waals surface area contributed by atoms with Crippen LogP contribution in [0.25, 0.3) is 11.1 Å². The van der Waals surface area contributed by atoms with E-state index in [2.05, 4.69) is 25.5 Å². The molecule has 2 aromatic heterocycles. The Labute approximate surface area is 272 Å². The lowest BCUT2D eigenvalue weighted by molar-refractivity contribution is 0.101. The normalized spacial score (nSPS) is 14.5. The number of nitrogens with one attached hydrogen (secondary N) is 2. The summed E-state index contributed by atoms with van der Waals surface area (Å²) in [4.78, 5) is 49.3. The van der Waals surface area contributed by atoms with Crippen LogP contribution in [0.15, 0.2) is 73.1 Å². The molecule has 47 heavy (non-hydrogen) atoms. The third kappa shape index (κ3) is 8.17. The van der Waals surface area contributed by atoms with Gasteiger partial charge in [-0.1, -0.05) is 36.4 Å². The highest BCUT2D eigenvalue weighted by atomic mass is 16.4. The zero-order chi connectivity index (χ0) is 33.5. The summed E-state index contributed by atoms with van der Waals surface area (Å²) in [6.07, 6.45) is 2.46. The Morgan fingerprint density at radius 2 is 1.40 bits per heavy atom. The van der Waals surface area contributed by atoms with Crippen molar-refractivity contribution in [3.8, 4) is 11.1 Å². The third-order valence-electron chi connectivity index (χ3n) is 8.24. The van der Waals surface area contributed by atoms with Crippen molar-refractivity contribution >= 4 is 29.3 Å². The summed E-state index contributed by atoms with van der Waals surface area (Å²) in [6.45, 7) is 5.70. The molecule has 1 saturated heterocycles. The van der Waals surface area contributed by atoms with Crippen molar-refractivity contribution < 1.29 is 29.7 Å². The molecule has 3 amide bonds. The van der Waals surface area contributed by atoms with Crippen molar-refractivity contribution in [2.45, 2.75) is 39.5 Å². The van der Waals surface area contributed by atoms with Crippen LogP contribution in [0, 0.1) is 13.8 Å². The molecular weight excluding hydrogens is 600 g/mol. The molecule has 2 aromatic carbocycles. The molecule has 5 rings (SSSR count). The van der Waals surface area contributed by atoms with E-state index in [4.69, 9.17) is 5.11 Å². The number of benzene rings is 2. The van der Waals surface area contributed by atoms with Crippen LogP contribution in [0.5, 0.6) is 0 Å². The number of anilines is 2. The van der Waals surface area contributed by atoms with Gasteiger partial charge in [-0.3, -0.25) is 24.5 Å². The molecule has 3 heterocycles. The second-order valence-electron chi connectivity index (χ2n) is 11.6. The Balaban J connectivity index is 1.26. The number of aromatic nitrogens is 2. The second-order valence-corrected chi connectivity index (χ2v) is 11.6. The van der Waals surface area contributed by atoms with E-state index in [1.54, 1.807) is 24.4 Å². The third-order valence-corrected chi connectivity index (χ3v) is 8.24. The van der Waals surface area contributed by atoms with Gasteiger partial charge in [0, 0.05) is 49.9 Å². The summed E-state index contributed by atoms with van der Waals surface area (Å²) in [6, 6.07) is 18.0. The molecular formula is C35H38N6O6. The summed E-state index contributed by atoms with van der Waals surface area (Å²) in [5.41, 5.74) is 6.72. The second kappa shape index (κ2) is 14.9. The van der Waals surface area contributed by atoms with Crippen molar-refractivity contribution in [3.05, 3.63) is 107 Å². The quantitative estimate of drug-likeness (QED) is 0.161. The van der Waals surface area contributed by atoms with Gasteiger partial charge in [0.1, 0.15) is 11.4 Å². The van der Waals surface area contributed by atoms with Crippen molar-refractivity contribution in [2.75, 3.05) is 36.9 Å². The fourth-order valence-electron chi connectivity index (χ4n) is 5.60. The maximum Gasteiger partial charge on any atom is 0.407 e. The molecule has 0 bridgehead atoms. The molecule has 12 heteroatoms. The predicted molar refractivity (Wildman–Crippen MR) is 177 cm³/mol. The molecule has 0 radical (unpaired) electrons. The Hall–Kier alpha value is -5.17. The summed E-state index contributed by atoms with van der Waals surface area (Å²) in [5.74, 6) is -0.745. The molecule has 1 atom stereocenters. The van der Waals surface area contributed by atoms with Gasteiger partial charge >= 0.3 is 6.09 Å². The van der Waals surface area contributed by atoms with E-state index in [0.717, 1.165) is 45.7 Å². The number of aliphatic hydroxyl groups excluding tert-OH is 2. The minimum atomic E-state index is -1.15. The van der Waals surface area contributed by atoms with Crippen molar-refractivity contribution in [1.82, 2.24) is 19.8 Å². The largest absolute Gasteiger partial charge is 0.465 e. The van der Waals surface area contributed by atoms with Gasteiger partial charge in [-0.15, -0.1) is 0 Å². The molecule has 0 aliphatic carbocycles. The lowest BCUT2D eigenvalue weighted by atomic mass is 9.94. The average molecular weight is 639 g/mol. The molecule has 0 spiro atoms. The van der Waals surface area contributed by atoms with Crippen LogP contribution in [0.3, 0.4) is 0 Å². The number of β-amino-alcohol motifs (C(OH)–C–C–N with tert-alkyl or cyclic N) is 1. The fraction of sp³-hybridized carbons (Fsp3) is 0.286. The molecule has 1 aliphatic rings. The number of nitrogens with zero attached hydrogens (tertiary/aromatic N) is 4. The topological polar surface area (TPSA) is 168 Å². The van der Waals surface area contributed by atoms with E-state index in [0.29, 0.717) is 35.7 Å². The molecule has 0 unspecified atom stereocenters. The van der Waals surface area contributed by atoms with Crippen LogP contribution in [-0.2, 0) is 13.1 Å². The van der Waals surface area contributed by atoms with Gasteiger partial charge in [0.2, 0.25) is 0 Å². The first kappa shape index (κ1) is 33.2. The summed E-state index contributed by atoms with van der Waals surface area (Å²) in [5, 5.41) is 34.0. The van der Waals surface area contributed by atoms with E-state index in [-0.39, 0.29) is 37.4 Å². The zero-order valence-corrected chi connectivity index (χ0v) is 26.3. The van der Waals surface area contributed by atoms with Gasteiger partial charge in [-0.05, 0) is 77.9 Å². The average Bonchev–Trinajstić information content (AvgIpc) is 3.47. The van der Waals surface area contributed by atoms with Crippen LogP contribution in [0.4, 0.5) is 16.2 Å². The Morgan fingerprint density at radius 1 is 0.851 bits per heavy atom. The number of hydrogen-bond donors (Lipinski definition) is 5. The van der Waals surface area contributed by atoms with Crippen LogP contribution < -0.4 is 10.6 Å². The molecule has 4 aromatic rings. The van der Waals surface area contributed by atoms with Crippen molar-refractivity contribution in [3.63, 3.8) is 0 Å². The number of rotatable bonds is 11. The number of amides is 3. The number of carboxylic acid groups (broad SMARTS) is 1. The predicted octanol–water partition coefficient (Wildman–Crippen LogP) is 4.30. The summed E-state index contributed by atoms with van der Waals surface area (Å²) < 4.78 is 0. The lowest BCUT2D eigenvalue weighted by Gasteiger charge is -2.18. The Bertz CT molecular complexity index is 1740. The lowest BCUT2D eigenvalue weighted by Crippen LogP contribution is -2.31. The molecule has 1 fully saturated rings. The number of pyridine rings is 2. The maximum absolute atomic E-state index is 13.1. The number of likely N-dealkylation sites (tertiary alicyclic amines) is 1. The van der Waals surface area contributed by atoms with Gasteiger partial charge in [0.25, 0.3) is 11.8 Å². The maximum atomic E-state index is 13.1. The smallest absolute Gasteiger partial charge is 0.407 e. The van der Waals surface area contributed by atoms with Gasteiger partial charge in [-0.2, -0.15) is 0 Å². The van der Waals surface area contributed by atoms with Crippen molar-refractivity contribution in [2.24, 2.45) is 0 Å². The van der Waals surface area contributed by atoms with E-state index in [1.165, 1.54) is 12.3 Å². The Kier molecular flexibility index (Phi) is 10.6. The molecule has 12 nitrogen and oxygen atoms in total. The van der Waals surface area contributed by atoms with E-state index in [9.17, 15) is 24.6 Å². The van der Waals surface area contributed by atoms with E-state index < -0.39 is 12.0 Å². The standard InChI is InChI=1S/C35H38N6O6/c1-22-27(5-3-7-29(22)38-33(44)31-11-9-24(17-36-31)19-40-14-13-26(43)21-40)28-6-4-8-30(23(28)2)39-34(45)32-12-10-25(18-37-32)20-41(15-16-42)35(46)47/h3-12,17-18,26,42-43H,13-16,19-21H2,1-2H3,(H,38,44)(H,39,45)(H,46,47)/t26-/m1/s1. The minimum Gasteiger partial charge on any atom is -0.465 e. The summed E-state index contributed by atoms with van der Waals surface area (Å²) in [7, 11) is 0. The van der Waals surface area contributed by atoms with Crippen LogP contribution in [0.1, 0.15) is 49.7 Å². The zero-order valence-electron chi connectivity index (χ0n) is 26.3. The highest BCUT2D eigenvalue weighted by Crippen LogP contribution is 2.34. The van der Waals surface area contributed by atoms with Crippen molar-refractivity contribution in [1.29, 1.82) is 0 Å². The first-order chi connectivity index (χ1) is 22.6.